The van der Waals surface area contributed by atoms with Crippen LogP contribution in [0.25, 0.3) is 0 Å². The summed E-state index contributed by atoms with van der Waals surface area (Å²) in [6, 6.07) is 10.7. The maximum absolute atomic E-state index is 12.7. The van der Waals surface area contributed by atoms with Gasteiger partial charge < -0.3 is 0 Å². The van der Waals surface area contributed by atoms with E-state index in [0.717, 1.165) is 44.9 Å². The Morgan fingerprint density at radius 3 is 2.45 bits per heavy atom. The second kappa shape index (κ2) is 6.79. The molecule has 4 aliphatic carbocycles. The fraction of sp³-hybridized carbons (Fsp3) is 0.556. The Morgan fingerprint density at radius 1 is 0.897 bits per heavy atom. The van der Waals surface area contributed by atoms with Crippen molar-refractivity contribution in [2.75, 3.05) is 0 Å². The number of allylic oxidation sites excluding steroid dienone is 4. The van der Waals surface area contributed by atoms with Crippen molar-refractivity contribution in [2.45, 2.75) is 65.2 Å². The average Bonchev–Trinajstić information content (AvgIpc) is 3.03. The van der Waals surface area contributed by atoms with Gasteiger partial charge in [-0.15, -0.1) is 0 Å². The molecule has 0 N–H and O–H groups in total. The fourth-order valence-electron chi connectivity index (χ4n) is 7.17. The zero-order chi connectivity index (χ0) is 20.2. The van der Waals surface area contributed by atoms with Gasteiger partial charge in [-0.1, -0.05) is 50.3 Å². The number of Topliss-reactive ketones (excluding diaryl/α,β-unsaturated/α-hetero) is 1. The van der Waals surface area contributed by atoms with Crippen LogP contribution in [0.1, 0.15) is 64.4 Å². The van der Waals surface area contributed by atoms with E-state index in [-0.39, 0.29) is 10.8 Å². The number of aryl methyl sites for hydroxylation is 1. The van der Waals surface area contributed by atoms with Crippen LogP contribution in [-0.2, 0) is 16.0 Å². The van der Waals surface area contributed by atoms with Gasteiger partial charge >= 0.3 is 0 Å². The Morgan fingerprint density at radius 2 is 1.66 bits per heavy atom. The van der Waals surface area contributed by atoms with Crippen LogP contribution >= 0.6 is 0 Å². The highest BCUT2D eigenvalue weighted by Crippen LogP contribution is 2.64. The van der Waals surface area contributed by atoms with Crippen LogP contribution in [-0.4, -0.2) is 11.6 Å². The van der Waals surface area contributed by atoms with Gasteiger partial charge in [0.1, 0.15) is 5.78 Å². The van der Waals surface area contributed by atoms with Crippen molar-refractivity contribution in [3.05, 3.63) is 59.2 Å². The number of carbonyl (C=O) groups is 2. The Balaban J connectivity index is 1.54. The highest BCUT2D eigenvalue weighted by molar-refractivity contribution is 5.93. The predicted octanol–water partition coefficient (Wildman–Crippen LogP) is 5.87. The summed E-state index contributed by atoms with van der Waals surface area (Å²) in [6.07, 6.45) is 12.1. The number of fused-ring (bicyclic) bond motifs is 5. The minimum Gasteiger partial charge on any atom is -0.299 e. The van der Waals surface area contributed by atoms with Crippen LogP contribution in [0.15, 0.2) is 53.6 Å². The molecule has 2 nitrogen and oxygen atoms in total. The molecule has 0 aliphatic heterocycles. The van der Waals surface area contributed by atoms with E-state index in [4.69, 9.17) is 0 Å². The second-order valence-electron chi connectivity index (χ2n) is 10.3. The first-order valence-electron chi connectivity index (χ1n) is 11.5. The summed E-state index contributed by atoms with van der Waals surface area (Å²) in [5.74, 6) is 2.33. The van der Waals surface area contributed by atoms with Crippen LogP contribution in [0.2, 0.25) is 0 Å². The molecule has 1 aromatic carbocycles. The molecule has 0 radical (unpaired) electrons. The van der Waals surface area contributed by atoms with Gasteiger partial charge in [0.05, 0.1) is 0 Å². The molecule has 0 bridgehead atoms. The number of benzene rings is 1. The van der Waals surface area contributed by atoms with Crippen molar-refractivity contribution >= 4 is 11.6 Å². The Hall–Kier alpha value is -1.96. The zero-order valence-corrected chi connectivity index (χ0v) is 17.7. The molecule has 152 valence electrons. The van der Waals surface area contributed by atoms with Crippen LogP contribution in [0.3, 0.4) is 0 Å². The summed E-state index contributed by atoms with van der Waals surface area (Å²) in [5.41, 5.74) is 4.02. The molecular weight excluding hydrogens is 356 g/mol. The molecule has 0 heterocycles. The van der Waals surface area contributed by atoms with E-state index >= 15 is 0 Å². The van der Waals surface area contributed by atoms with Crippen molar-refractivity contribution in [2.24, 2.45) is 28.6 Å². The average molecular weight is 389 g/mol. The van der Waals surface area contributed by atoms with Gasteiger partial charge in [0.15, 0.2) is 5.78 Å². The monoisotopic (exact) mass is 388 g/mol. The molecule has 0 spiro atoms. The molecule has 29 heavy (non-hydrogen) atoms. The lowest BCUT2D eigenvalue weighted by Crippen LogP contribution is -2.49. The highest BCUT2D eigenvalue weighted by Gasteiger charge is 2.58. The molecule has 0 unspecified atom stereocenters. The molecule has 2 saturated carbocycles. The third-order valence-corrected chi connectivity index (χ3v) is 8.94. The van der Waals surface area contributed by atoms with Crippen molar-refractivity contribution in [1.29, 1.82) is 0 Å². The van der Waals surface area contributed by atoms with Gasteiger partial charge in [-0.2, -0.15) is 0 Å². The lowest BCUT2D eigenvalue weighted by molar-refractivity contribution is -0.130. The molecule has 5 rings (SSSR count). The van der Waals surface area contributed by atoms with E-state index in [0.29, 0.717) is 35.7 Å². The lowest BCUT2D eigenvalue weighted by atomic mass is 9.48. The third-order valence-electron chi connectivity index (χ3n) is 8.94. The normalized spacial score (nSPS) is 38.6. The van der Waals surface area contributed by atoms with Gasteiger partial charge in [0, 0.05) is 18.3 Å². The van der Waals surface area contributed by atoms with E-state index < -0.39 is 0 Å². The quantitative estimate of drug-likeness (QED) is 0.649. The predicted molar refractivity (Wildman–Crippen MR) is 115 cm³/mol. The topological polar surface area (TPSA) is 34.1 Å². The maximum Gasteiger partial charge on any atom is 0.156 e. The highest BCUT2D eigenvalue weighted by atomic mass is 16.1. The zero-order valence-electron chi connectivity index (χ0n) is 17.7. The number of hydrogen-bond acceptors (Lipinski definition) is 2. The van der Waals surface area contributed by atoms with Crippen LogP contribution in [0.5, 0.6) is 0 Å². The minimum atomic E-state index is -0.121. The lowest BCUT2D eigenvalue weighted by Gasteiger charge is -2.56. The largest absolute Gasteiger partial charge is 0.299 e. The van der Waals surface area contributed by atoms with Gasteiger partial charge in [-0.25, -0.2) is 0 Å². The molecular formula is C27H32O2. The summed E-state index contributed by atoms with van der Waals surface area (Å²) in [5, 5.41) is 0. The van der Waals surface area contributed by atoms with Crippen LogP contribution < -0.4 is 0 Å². The van der Waals surface area contributed by atoms with Gasteiger partial charge in [-0.05, 0) is 84.5 Å². The first kappa shape index (κ1) is 19.0. The summed E-state index contributed by atoms with van der Waals surface area (Å²) in [4.78, 5) is 25.1. The second-order valence-corrected chi connectivity index (χ2v) is 10.3. The molecule has 2 heteroatoms. The van der Waals surface area contributed by atoms with Crippen molar-refractivity contribution in [1.82, 2.24) is 0 Å². The molecule has 5 atom stereocenters. The summed E-state index contributed by atoms with van der Waals surface area (Å²) in [6.45, 7) is 4.65. The molecule has 0 saturated heterocycles. The number of ketones is 2. The standard InChI is InChI=1S/C27H32O2/c1-26-14-12-20(28)17-24(26)19(9-8-18-6-4-3-5-7-18)16-21-22-10-11-25(29)27(22,2)15-13-23(21)26/h3-7,16-17,21-23H,8-15H2,1-2H3/t21-,22-,23-,26+,27-/m0/s1. The summed E-state index contributed by atoms with van der Waals surface area (Å²) >= 11 is 0. The van der Waals surface area contributed by atoms with E-state index in [1.165, 1.54) is 16.7 Å². The molecule has 4 aliphatic rings. The Labute approximate surface area is 174 Å². The SMILES string of the molecule is C[C@]12CCC(=O)C=C1C(CCc1ccccc1)=C[C@@H]1[C@@H]2CC[C@]2(C)C(=O)CC[C@@H]12. The number of rotatable bonds is 3. The first-order valence-corrected chi connectivity index (χ1v) is 11.5. The number of hydrogen-bond donors (Lipinski definition) is 0. The molecule has 2 fully saturated rings. The van der Waals surface area contributed by atoms with E-state index in [1.807, 2.05) is 6.08 Å². The maximum atomic E-state index is 12.7. The van der Waals surface area contributed by atoms with E-state index in [1.54, 1.807) is 0 Å². The minimum absolute atomic E-state index is 0.0896. The van der Waals surface area contributed by atoms with Crippen LogP contribution in [0.4, 0.5) is 0 Å². The molecule has 0 amide bonds. The Kier molecular flexibility index (Phi) is 4.46. The van der Waals surface area contributed by atoms with Crippen molar-refractivity contribution in [3.63, 3.8) is 0 Å². The first-order chi connectivity index (χ1) is 13.9. The van der Waals surface area contributed by atoms with Gasteiger partial charge in [-0.3, -0.25) is 9.59 Å². The van der Waals surface area contributed by atoms with Crippen molar-refractivity contribution in [3.8, 4) is 0 Å². The number of carbonyl (C=O) groups excluding carboxylic acids is 2. The molecule has 0 aromatic heterocycles. The summed E-state index contributed by atoms with van der Waals surface area (Å²) < 4.78 is 0. The Bertz CT molecular complexity index is 908. The fourth-order valence-corrected chi connectivity index (χ4v) is 7.17. The van der Waals surface area contributed by atoms with E-state index in [9.17, 15) is 9.59 Å². The summed E-state index contributed by atoms with van der Waals surface area (Å²) in [7, 11) is 0. The smallest absolute Gasteiger partial charge is 0.156 e. The van der Waals surface area contributed by atoms with E-state index in [2.05, 4.69) is 50.3 Å². The molecule has 1 aromatic rings. The third kappa shape index (κ3) is 2.90. The van der Waals surface area contributed by atoms with Gasteiger partial charge in [0.2, 0.25) is 0 Å². The van der Waals surface area contributed by atoms with Gasteiger partial charge in [0.25, 0.3) is 0 Å². The van der Waals surface area contributed by atoms with Crippen molar-refractivity contribution < 1.29 is 9.59 Å². The van der Waals surface area contributed by atoms with Crippen LogP contribution in [0, 0.1) is 28.6 Å².